The Bertz CT molecular complexity index is 1400. The number of carbonyl (C=O) groups is 2. The van der Waals surface area contributed by atoms with E-state index in [1.54, 1.807) is 13.8 Å². The number of likely N-dealkylation sites (N-methyl/N-ethyl adjacent to an activating group) is 1. The van der Waals surface area contributed by atoms with Crippen molar-refractivity contribution >= 4 is 44.6 Å². The fraction of sp³-hybridized carbons (Fsp3) is 0.381. The molecular formula is C21H26N8O7S. The Hall–Kier alpha value is -3.70. The van der Waals surface area contributed by atoms with Crippen molar-refractivity contribution in [2.24, 2.45) is 0 Å². The highest BCUT2D eigenvalue weighted by atomic mass is 32.2. The average Bonchev–Trinajstić information content (AvgIpc) is 3.41. The van der Waals surface area contributed by atoms with Crippen LogP contribution >= 0.6 is 0 Å². The first kappa shape index (κ1) is 26.4. The van der Waals surface area contributed by atoms with Crippen molar-refractivity contribution in [3.8, 4) is 0 Å². The maximum atomic E-state index is 12.6. The lowest BCUT2D eigenvalue weighted by atomic mass is 10.1. The van der Waals surface area contributed by atoms with Crippen molar-refractivity contribution in [3.05, 3.63) is 36.9 Å². The molecular weight excluding hydrogens is 508 g/mol. The Morgan fingerprint density at radius 3 is 2.43 bits per heavy atom. The van der Waals surface area contributed by atoms with Crippen molar-refractivity contribution in [3.63, 3.8) is 0 Å². The van der Waals surface area contributed by atoms with Crippen molar-refractivity contribution in [2.75, 3.05) is 23.7 Å². The van der Waals surface area contributed by atoms with Crippen LogP contribution in [0.4, 0.5) is 16.3 Å². The lowest BCUT2D eigenvalue weighted by Gasteiger charge is -2.16. The lowest BCUT2D eigenvalue weighted by Crippen LogP contribution is -2.42. The predicted molar refractivity (Wildman–Crippen MR) is 130 cm³/mol. The first-order valence-corrected chi connectivity index (χ1v) is 12.8. The molecule has 0 bridgehead atoms. The van der Waals surface area contributed by atoms with E-state index in [2.05, 4.69) is 35.6 Å². The lowest BCUT2D eigenvalue weighted by molar-refractivity contribution is -0.137. The highest BCUT2D eigenvalue weighted by Gasteiger charge is 2.47. The minimum absolute atomic E-state index is 0.0425. The van der Waals surface area contributed by atoms with Gasteiger partial charge < -0.3 is 25.6 Å². The van der Waals surface area contributed by atoms with Gasteiger partial charge in [-0.1, -0.05) is 6.92 Å². The summed E-state index contributed by atoms with van der Waals surface area (Å²) in [6.07, 6.45) is -2.93. The first-order valence-electron chi connectivity index (χ1n) is 11.3. The van der Waals surface area contributed by atoms with Gasteiger partial charge in [-0.15, -0.1) is 0 Å². The second-order valence-corrected chi connectivity index (χ2v) is 9.74. The van der Waals surface area contributed by atoms with Gasteiger partial charge in [0, 0.05) is 18.8 Å². The van der Waals surface area contributed by atoms with E-state index in [9.17, 15) is 28.2 Å². The normalized spacial score (nSPS) is 21.6. The van der Waals surface area contributed by atoms with Crippen LogP contribution in [0.25, 0.3) is 11.2 Å². The molecule has 3 aromatic rings. The van der Waals surface area contributed by atoms with E-state index < -0.39 is 46.5 Å². The molecule has 1 unspecified atom stereocenters. The molecule has 37 heavy (non-hydrogen) atoms. The molecule has 1 aliphatic heterocycles. The van der Waals surface area contributed by atoms with Crippen LogP contribution in [0.3, 0.4) is 0 Å². The first-order chi connectivity index (χ1) is 17.7. The summed E-state index contributed by atoms with van der Waals surface area (Å²) in [5.74, 6) is -0.525. The third-order valence-corrected chi connectivity index (χ3v) is 7.03. The number of nitrogens with one attached hydrogen (secondary N) is 4. The number of aliphatic hydroxyl groups is 2. The van der Waals surface area contributed by atoms with E-state index in [4.69, 9.17) is 4.74 Å². The van der Waals surface area contributed by atoms with Gasteiger partial charge in [0.2, 0.25) is 10.0 Å². The molecule has 1 saturated heterocycles. The van der Waals surface area contributed by atoms with Gasteiger partial charge in [0.25, 0.3) is 5.91 Å². The maximum absolute atomic E-state index is 12.6. The zero-order valence-corrected chi connectivity index (χ0v) is 20.6. The smallest absolute Gasteiger partial charge is 0.324 e. The maximum Gasteiger partial charge on any atom is 0.324 e. The molecule has 16 heteroatoms. The molecule has 3 heterocycles. The van der Waals surface area contributed by atoms with Gasteiger partial charge in [-0.05, 0) is 31.2 Å². The van der Waals surface area contributed by atoms with E-state index in [-0.39, 0.29) is 28.4 Å². The van der Waals surface area contributed by atoms with Gasteiger partial charge in [0.15, 0.2) is 29.3 Å². The molecule has 2 aromatic heterocycles. The summed E-state index contributed by atoms with van der Waals surface area (Å²) in [6.45, 7) is 3.95. The number of aliphatic hydroxyl groups excluding tert-OH is 2. The fourth-order valence-electron chi connectivity index (χ4n) is 3.77. The standard InChI is InChI=1S/C21H26N8O7S/c1-3-22-19(32)16-14(30)15(31)20(36-16)29-10-25-13-17(23-9-24-18(13)29)28-21(33)27-11-5-7-12(8-6-11)37(34,35)26-4-2/h5-10,14-16,20,26,30-31H,3-4H2,1-2H3,(H,22,32)(H2,23,24,27,28,33)/t14-,15+,16-,20?/m0/s1. The Morgan fingerprint density at radius 1 is 1.03 bits per heavy atom. The molecule has 15 nitrogen and oxygen atoms in total. The minimum Gasteiger partial charge on any atom is -0.387 e. The summed E-state index contributed by atoms with van der Waals surface area (Å²) in [4.78, 5) is 37.1. The van der Waals surface area contributed by atoms with Crippen LogP contribution in [0.1, 0.15) is 20.1 Å². The van der Waals surface area contributed by atoms with Crippen molar-refractivity contribution in [2.45, 2.75) is 43.3 Å². The summed E-state index contributed by atoms with van der Waals surface area (Å²) in [5, 5.41) is 28.4. The number of ether oxygens (including phenoxy) is 1. The van der Waals surface area contributed by atoms with Gasteiger partial charge in [0.1, 0.15) is 18.5 Å². The second kappa shape index (κ2) is 10.7. The zero-order valence-electron chi connectivity index (χ0n) is 19.8. The van der Waals surface area contributed by atoms with Gasteiger partial charge in [-0.3, -0.25) is 14.7 Å². The predicted octanol–water partition coefficient (Wildman–Crippen LogP) is -0.476. The SMILES string of the molecule is CCNC(=O)[C@H]1OC(n2cnc3c(NC(=O)Nc4ccc(S(=O)(=O)NCC)cc4)ncnc32)[C@H](O)[C@@H]1O. The third-order valence-electron chi connectivity index (χ3n) is 5.47. The molecule has 4 atom stereocenters. The van der Waals surface area contributed by atoms with E-state index in [1.807, 2.05) is 0 Å². The van der Waals surface area contributed by atoms with Gasteiger partial charge in [-0.25, -0.2) is 32.9 Å². The Morgan fingerprint density at radius 2 is 1.76 bits per heavy atom. The van der Waals surface area contributed by atoms with E-state index >= 15 is 0 Å². The Balaban J connectivity index is 1.49. The number of nitrogens with zero attached hydrogens (tertiary/aromatic N) is 4. The zero-order chi connectivity index (χ0) is 26.7. The average molecular weight is 535 g/mol. The third kappa shape index (κ3) is 5.37. The fourth-order valence-corrected chi connectivity index (χ4v) is 4.81. The van der Waals surface area contributed by atoms with Crippen LogP contribution in [0, 0.1) is 0 Å². The van der Waals surface area contributed by atoms with Crippen LogP contribution < -0.4 is 20.7 Å². The van der Waals surface area contributed by atoms with Gasteiger partial charge in [-0.2, -0.15) is 0 Å². The van der Waals surface area contributed by atoms with E-state index in [0.29, 0.717) is 12.2 Å². The monoisotopic (exact) mass is 534 g/mol. The number of hydrogen-bond donors (Lipinski definition) is 6. The number of rotatable bonds is 8. The second-order valence-electron chi connectivity index (χ2n) is 7.97. The molecule has 6 N–H and O–H groups in total. The van der Waals surface area contributed by atoms with Crippen molar-refractivity contribution in [1.29, 1.82) is 0 Å². The number of urea groups is 1. The van der Waals surface area contributed by atoms with Crippen molar-refractivity contribution < 1.29 is 33.0 Å². The summed E-state index contributed by atoms with van der Waals surface area (Å²) in [6, 6.07) is 4.90. The molecule has 4 rings (SSSR count). The summed E-state index contributed by atoms with van der Waals surface area (Å²) in [5.41, 5.74) is 0.671. The molecule has 0 spiro atoms. The molecule has 0 saturated carbocycles. The topological polar surface area (TPSA) is 210 Å². The van der Waals surface area contributed by atoms with Gasteiger partial charge in [0.05, 0.1) is 11.2 Å². The molecule has 0 aliphatic carbocycles. The number of imidazole rings is 1. The molecule has 3 amide bonds. The Kier molecular flexibility index (Phi) is 7.65. The minimum atomic E-state index is -3.62. The van der Waals surface area contributed by atoms with E-state index in [1.165, 1.54) is 35.2 Å². The highest BCUT2D eigenvalue weighted by Crippen LogP contribution is 2.32. The quantitative estimate of drug-likeness (QED) is 0.219. The number of anilines is 2. The Labute approximate surface area is 211 Å². The molecule has 1 aromatic carbocycles. The van der Waals surface area contributed by atoms with Crippen LogP contribution in [-0.2, 0) is 19.6 Å². The summed E-state index contributed by atoms with van der Waals surface area (Å²) < 4.78 is 33.4. The molecule has 198 valence electrons. The summed E-state index contributed by atoms with van der Waals surface area (Å²) >= 11 is 0. The number of hydrogen-bond acceptors (Lipinski definition) is 10. The highest BCUT2D eigenvalue weighted by molar-refractivity contribution is 7.89. The molecule has 0 radical (unpaired) electrons. The van der Waals surface area contributed by atoms with Crippen molar-refractivity contribution in [1.82, 2.24) is 29.6 Å². The van der Waals surface area contributed by atoms with Gasteiger partial charge >= 0.3 is 6.03 Å². The number of aromatic nitrogens is 4. The van der Waals surface area contributed by atoms with Crippen LogP contribution in [0.2, 0.25) is 0 Å². The number of amides is 3. The van der Waals surface area contributed by atoms with Crippen LogP contribution in [0.5, 0.6) is 0 Å². The summed E-state index contributed by atoms with van der Waals surface area (Å²) in [7, 11) is -3.62. The van der Waals surface area contributed by atoms with Crippen LogP contribution in [0.15, 0.2) is 41.8 Å². The number of fused-ring (bicyclic) bond motifs is 1. The molecule has 1 aliphatic rings. The van der Waals surface area contributed by atoms with E-state index in [0.717, 1.165) is 6.33 Å². The van der Waals surface area contributed by atoms with Crippen LogP contribution in [-0.4, -0.2) is 81.5 Å². The number of sulfonamides is 1. The molecule has 1 fully saturated rings. The number of benzene rings is 1. The largest absolute Gasteiger partial charge is 0.387 e. The number of carbonyl (C=O) groups excluding carboxylic acids is 2.